The number of nitrogens with two attached hydrogens (primary N) is 1. The predicted octanol–water partition coefficient (Wildman–Crippen LogP) is 6.84. The summed E-state index contributed by atoms with van der Waals surface area (Å²) in [7, 11) is 0. The van der Waals surface area contributed by atoms with Gasteiger partial charge in [-0.15, -0.1) is 23.1 Å². The molecule has 1 amide bonds. The molecule has 0 saturated heterocycles. The van der Waals surface area contributed by atoms with Gasteiger partial charge < -0.3 is 11.1 Å². The molecule has 0 aliphatic carbocycles. The highest BCUT2D eigenvalue weighted by Gasteiger charge is 2.34. The minimum atomic E-state index is -0.0325. The van der Waals surface area contributed by atoms with E-state index in [1.54, 1.807) is 11.3 Å². The lowest BCUT2D eigenvalue weighted by Crippen LogP contribution is -2.27. The number of anilines is 1. The van der Waals surface area contributed by atoms with Gasteiger partial charge >= 0.3 is 0 Å². The molecule has 196 valence electrons. The van der Waals surface area contributed by atoms with Crippen LogP contribution in [0.5, 0.6) is 0 Å². The average molecular weight is 569 g/mol. The number of amides is 1. The highest BCUT2D eigenvalue weighted by Crippen LogP contribution is 2.55. The second kappa shape index (κ2) is 11.8. The average Bonchev–Trinajstić information content (AvgIpc) is 3.36. The summed E-state index contributed by atoms with van der Waals surface area (Å²) in [6, 6.07) is 31.5. The molecule has 1 aliphatic heterocycles. The molecule has 6 rings (SSSR count). The lowest BCUT2D eigenvalue weighted by atomic mass is 9.98. The third-order valence-electron chi connectivity index (χ3n) is 6.80. The van der Waals surface area contributed by atoms with Gasteiger partial charge in [-0.3, -0.25) is 4.79 Å². The molecule has 0 spiro atoms. The number of nitrogen functional groups attached to an aromatic ring is 1. The van der Waals surface area contributed by atoms with E-state index >= 15 is 0 Å². The number of carbonyl (C=O) groups is 1. The van der Waals surface area contributed by atoms with E-state index in [2.05, 4.69) is 83.1 Å². The Morgan fingerprint density at radius 3 is 2.31 bits per heavy atom. The lowest BCUT2D eigenvalue weighted by Gasteiger charge is -2.30. The molecule has 0 unspecified atom stereocenters. The normalized spacial score (nSPS) is 16.6. The number of hydrogen-bond donors (Lipinski definition) is 2. The van der Waals surface area contributed by atoms with Crippen molar-refractivity contribution in [3.05, 3.63) is 118 Å². The molecule has 3 aromatic carbocycles. The number of benzene rings is 3. The van der Waals surface area contributed by atoms with E-state index in [4.69, 9.17) is 10.7 Å². The van der Waals surface area contributed by atoms with Crippen molar-refractivity contribution in [3.63, 3.8) is 0 Å². The molecule has 5 aromatic rings. The molecule has 0 radical (unpaired) electrons. The fourth-order valence-corrected chi connectivity index (χ4v) is 8.67. The summed E-state index contributed by atoms with van der Waals surface area (Å²) < 4.78 is 0. The number of aromatic nitrogens is 2. The summed E-state index contributed by atoms with van der Waals surface area (Å²) in [5.41, 5.74) is 11.6. The van der Waals surface area contributed by atoms with Crippen LogP contribution in [0.2, 0.25) is 0 Å². The highest BCUT2D eigenvalue weighted by atomic mass is 32.2. The summed E-state index contributed by atoms with van der Waals surface area (Å²) in [6.45, 7) is 0.601. The van der Waals surface area contributed by atoms with E-state index < -0.39 is 0 Å². The Balaban J connectivity index is 1.23. The molecule has 0 saturated carbocycles. The van der Waals surface area contributed by atoms with Crippen LogP contribution < -0.4 is 11.1 Å². The Hall–Kier alpha value is -3.33. The SMILES string of the molecule is Nc1nc(SCC(=O)NCCc2ccccc2)nc2sc3c(c12)C[C@H](c1ccccc1)S[C@H]3c1ccccc1. The van der Waals surface area contributed by atoms with Crippen molar-refractivity contribution in [2.45, 2.75) is 28.5 Å². The van der Waals surface area contributed by atoms with Crippen molar-refractivity contribution < 1.29 is 4.79 Å². The fourth-order valence-electron chi connectivity index (χ4n) is 4.92. The molecule has 2 aromatic heterocycles. The van der Waals surface area contributed by atoms with Gasteiger partial charge in [-0.25, -0.2) is 9.97 Å². The molecule has 1 aliphatic rings. The summed E-state index contributed by atoms with van der Waals surface area (Å²) in [5.74, 6) is 0.716. The van der Waals surface area contributed by atoms with E-state index in [-0.39, 0.29) is 16.9 Å². The molecule has 3 heterocycles. The molecule has 8 heteroatoms. The van der Waals surface area contributed by atoms with Crippen LogP contribution in [0.3, 0.4) is 0 Å². The van der Waals surface area contributed by atoms with Crippen molar-refractivity contribution in [1.29, 1.82) is 0 Å². The van der Waals surface area contributed by atoms with E-state index in [9.17, 15) is 4.79 Å². The van der Waals surface area contributed by atoms with Crippen LogP contribution in [0.1, 0.15) is 37.6 Å². The van der Waals surface area contributed by atoms with Crippen LogP contribution in [0.4, 0.5) is 5.82 Å². The van der Waals surface area contributed by atoms with Gasteiger partial charge in [-0.05, 0) is 35.1 Å². The number of hydrogen-bond acceptors (Lipinski definition) is 7. The quantitative estimate of drug-likeness (QED) is 0.158. The Labute approximate surface area is 240 Å². The third-order valence-corrected chi connectivity index (χ3v) is 10.5. The molecular weight excluding hydrogens is 541 g/mol. The Bertz CT molecular complexity index is 1580. The number of nitrogens with zero attached hydrogens (tertiary/aromatic N) is 2. The second-order valence-electron chi connectivity index (χ2n) is 9.42. The Morgan fingerprint density at radius 2 is 1.59 bits per heavy atom. The summed E-state index contributed by atoms with van der Waals surface area (Å²) in [5, 5.41) is 5.01. The first-order chi connectivity index (χ1) is 19.2. The van der Waals surface area contributed by atoms with Gasteiger partial charge in [0.2, 0.25) is 5.91 Å². The molecule has 0 fully saturated rings. The zero-order valence-electron chi connectivity index (χ0n) is 21.2. The van der Waals surface area contributed by atoms with Crippen molar-refractivity contribution >= 4 is 56.8 Å². The van der Waals surface area contributed by atoms with Crippen molar-refractivity contribution in [2.24, 2.45) is 0 Å². The Kier molecular flexibility index (Phi) is 7.85. The Morgan fingerprint density at radius 1 is 0.923 bits per heavy atom. The van der Waals surface area contributed by atoms with E-state index in [1.807, 2.05) is 30.0 Å². The highest BCUT2D eigenvalue weighted by molar-refractivity contribution is 8.00. The van der Waals surface area contributed by atoms with Crippen LogP contribution in [0.15, 0.2) is 96.2 Å². The molecule has 0 bridgehead atoms. The van der Waals surface area contributed by atoms with Crippen LogP contribution >= 0.6 is 34.9 Å². The van der Waals surface area contributed by atoms with Crippen molar-refractivity contribution in [3.8, 4) is 0 Å². The third kappa shape index (κ3) is 5.83. The summed E-state index contributed by atoms with van der Waals surface area (Å²) in [6.07, 6.45) is 1.69. The number of nitrogens with one attached hydrogen (secondary N) is 1. The first-order valence-electron chi connectivity index (χ1n) is 12.9. The second-order valence-corrected chi connectivity index (χ2v) is 12.7. The largest absolute Gasteiger partial charge is 0.383 e. The standard InChI is InChI=1S/C31H28N4OS3/c32-29-26-23-18-24(21-12-6-2-7-13-21)38-27(22-14-8-3-9-15-22)28(23)39-30(26)35-31(34-29)37-19-25(36)33-17-16-20-10-4-1-5-11-20/h1-15,24,27H,16-19H2,(H,33,36)(H2,32,34,35)/t24-,27+/m1/s1. The van der Waals surface area contributed by atoms with Crippen LogP contribution in [-0.4, -0.2) is 28.2 Å². The van der Waals surface area contributed by atoms with Gasteiger partial charge in [0.1, 0.15) is 10.6 Å². The van der Waals surface area contributed by atoms with Crippen LogP contribution in [-0.2, 0) is 17.6 Å². The maximum Gasteiger partial charge on any atom is 0.230 e. The van der Waals surface area contributed by atoms with Gasteiger partial charge in [-0.1, -0.05) is 103 Å². The van der Waals surface area contributed by atoms with Crippen LogP contribution in [0, 0.1) is 0 Å². The molecule has 2 atom stereocenters. The zero-order valence-corrected chi connectivity index (χ0v) is 23.7. The summed E-state index contributed by atoms with van der Waals surface area (Å²) >= 11 is 5.03. The monoisotopic (exact) mass is 568 g/mol. The fraction of sp³-hybridized carbons (Fsp3) is 0.194. The van der Waals surface area contributed by atoms with E-state index in [0.29, 0.717) is 22.8 Å². The number of fused-ring (bicyclic) bond motifs is 3. The number of rotatable bonds is 8. The van der Waals surface area contributed by atoms with Gasteiger partial charge in [-0.2, -0.15) is 0 Å². The molecule has 39 heavy (non-hydrogen) atoms. The summed E-state index contributed by atoms with van der Waals surface area (Å²) in [4.78, 5) is 24.2. The van der Waals surface area contributed by atoms with Crippen molar-refractivity contribution in [2.75, 3.05) is 18.0 Å². The first-order valence-corrected chi connectivity index (χ1v) is 15.7. The van der Waals surface area contributed by atoms with E-state index in [1.165, 1.54) is 38.9 Å². The van der Waals surface area contributed by atoms with Crippen LogP contribution in [0.25, 0.3) is 10.2 Å². The number of thiophene rings is 1. The van der Waals surface area contributed by atoms with Gasteiger partial charge in [0.05, 0.1) is 16.4 Å². The predicted molar refractivity (Wildman–Crippen MR) is 164 cm³/mol. The maximum atomic E-state index is 12.5. The smallest absolute Gasteiger partial charge is 0.230 e. The number of carbonyl (C=O) groups excluding carboxylic acids is 1. The lowest BCUT2D eigenvalue weighted by molar-refractivity contribution is -0.118. The van der Waals surface area contributed by atoms with Gasteiger partial charge in [0.15, 0.2) is 5.16 Å². The molecule has 5 nitrogen and oxygen atoms in total. The molecule has 3 N–H and O–H groups in total. The topological polar surface area (TPSA) is 80.9 Å². The molecular formula is C31H28N4OS3. The minimum absolute atomic E-state index is 0.0325. The maximum absolute atomic E-state index is 12.5. The first kappa shape index (κ1) is 25.9. The van der Waals surface area contributed by atoms with Gasteiger partial charge in [0, 0.05) is 16.7 Å². The number of thioether (sulfide) groups is 2. The minimum Gasteiger partial charge on any atom is -0.383 e. The zero-order chi connectivity index (χ0) is 26.6. The van der Waals surface area contributed by atoms with E-state index in [0.717, 1.165) is 23.1 Å². The van der Waals surface area contributed by atoms with Gasteiger partial charge in [0.25, 0.3) is 0 Å². The van der Waals surface area contributed by atoms with Crippen molar-refractivity contribution in [1.82, 2.24) is 15.3 Å².